The third kappa shape index (κ3) is 4.45. The molecule has 0 unspecified atom stereocenters. The van der Waals surface area contributed by atoms with Gasteiger partial charge in [0.15, 0.2) is 0 Å². The molecule has 0 spiro atoms. The van der Waals surface area contributed by atoms with E-state index < -0.39 is 0 Å². The van der Waals surface area contributed by atoms with Crippen molar-refractivity contribution in [2.24, 2.45) is 11.8 Å². The summed E-state index contributed by atoms with van der Waals surface area (Å²) in [6, 6.07) is 3.56. The van der Waals surface area contributed by atoms with Crippen molar-refractivity contribution in [3.63, 3.8) is 0 Å². The number of unbranched alkanes of at least 4 members (excludes halogenated alkanes) is 1. The molecular formula is C17H27N3O. The van der Waals surface area contributed by atoms with Crippen LogP contribution >= 0.6 is 0 Å². The molecule has 4 heteroatoms. The van der Waals surface area contributed by atoms with E-state index in [-0.39, 0.29) is 11.8 Å². The van der Waals surface area contributed by atoms with Crippen LogP contribution in [0.2, 0.25) is 0 Å². The zero-order chi connectivity index (χ0) is 15.2. The summed E-state index contributed by atoms with van der Waals surface area (Å²) in [6.07, 6.45) is 8.29. The fourth-order valence-electron chi connectivity index (χ4n) is 3.08. The number of anilines is 2. The van der Waals surface area contributed by atoms with Gasteiger partial charge in [-0.25, -0.2) is 4.98 Å². The smallest absolute Gasteiger partial charge is 0.228 e. The molecule has 2 rings (SSSR count). The Labute approximate surface area is 127 Å². The predicted molar refractivity (Wildman–Crippen MR) is 87.0 cm³/mol. The number of nitrogen functional groups attached to an aromatic ring is 1. The number of pyridine rings is 1. The van der Waals surface area contributed by atoms with Gasteiger partial charge in [-0.05, 0) is 50.7 Å². The van der Waals surface area contributed by atoms with Gasteiger partial charge in [0.25, 0.3) is 0 Å². The first-order valence-corrected chi connectivity index (χ1v) is 8.14. The average Bonchev–Trinajstić information content (AvgIpc) is 2.49. The van der Waals surface area contributed by atoms with Crippen LogP contribution in [0.5, 0.6) is 0 Å². The summed E-state index contributed by atoms with van der Waals surface area (Å²) in [5, 5.41) is 2.93. The van der Waals surface area contributed by atoms with Crippen molar-refractivity contribution in [2.45, 2.75) is 58.8 Å². The Bertz CT molecular complexity index is 479. The van der Waals surface area contributed by atoms with E-state index in [1.165, 1.54) is 32.1 Å². The first-order valence-electron chi connectivity index (χ1n) is 8.14. The van der Waals surface area contributed by atoms with E-state index in [1.54, 1.807) is 12.1 Å². The first-order chi connectivity index (χ1) is 10.1. The van der Waals surface area contributed by atoms with Crippen LogP contribution in [0.1, 0.15) is 57.6 Å². The molecule has 4 nitrogen and oxygen atoms in total. The topological polar surface area (TPSA) is 68.0 Å². The van der Waals surface area contributed by atoms with Crippen molar-refractivity contribution in [3.05, 3.63) is 17.8 Å². The number of aromatic nitrogens is 1. The second-order valence-corrected chi connectivity index (χ2v) is 6.22. The highest BCUT2D eigenvalue weighted by atomic mass is 16.1. The summed E-state index contributed by atoms with van der Waals surface area (Å²) in [7, 11) is 0. The van der Waals surface area contributed by atoms with Crippen LogP contribution in [0, 0.1) is 18.8 Å². The van der Waals surface area contributed by atoms with Crippen LogP contribution in [-0.4, -0.2) is 10.9 Å². The van der Waals surface area contributed by atoms with Gasteiger partial charge in [0, 0.05) is 5.92 Å². The van der Waals surface area contributed by atoms with Gasteiger partial charge < -0.3 is 11.1 Å². The maximum absolute atomic E-state index is 12.3. The number of rotatable bonds is 5. The highest BCUT2D eigenvalue weighted by Gasteiger charge is 2.26. The Morgan fingerprint density at radius 1 is 1.33 bits per heavy atom. The molecule has 0 bridgehead atoms. The van der Waals surface area contributed by atoms with E-state index in [2.05, 4.69) is 17.2 Å². The first kappa shape index (κ1) is 15.8. The Morgan fingerprint density at radius 3 is 2.67 bits per heavy atom. The second kappa shape index (κ2) is 7.43. The Hall–Kier alpha value is -1.58. The predicted octanol–water partition coefficient (Wildman–Crippen LogP) is 3.91. The molecule has 0 aromatic carbocycles. The van der Waals surface area contributed by atoms with E-state index in [1.807, 2.05) is 6.92 Å². The normalized spacial score (nSPS) is 22.0. The van der Waals surface area contributed by atoms with Gasteiger partial charge in [-0.15, -0.1) is 0 Å². The standard InChI is InChI=1S/C17H27N3O/c1-3-4-5-13-6-8-14(9-7-13)17(21)20-16-11-10-15(18)12(2)19-16/h10-11,13-14H,3-9,18H2,1-2H3,(H,19,20,21). The molecule has 21 heavy (non-hydrogen) atoms. The number of nitrogens with one attached hydrogen (secondary N) is 1. The van der Waals surface area contributed by atoms with Crippen molar-refractivity contribution >= 4 is 17.4 Å². The van der Waals surface area contributed by atoms with Crippen molar-refractivity contribution < 1.29 is 4.79 Å². The summed E-state index contributed by atoms with van der Waals surface area (Å²) in [6.45, 7) is 4.09. The van der Waals surface area contributed by atoms with Gasteiger partial charge in [0.2, 0.25) is 5.91 Å². The Morgan fingerprint density at radius 2 is 2.05 bits per heavy atom. The third-order valence-electron chi connectivity index (χ3n) is 4.56. The quantitative estimate of drug-likeness (QED) is 0.863. The van der Waals surface area contributed by atoms with Crippen LogP contribution in [-0.2, 0) is 4.79 Å². The van der Waals surface area contributed by atoms with Crippen LogP contribution in [0.25, 0.3) is 0 Å². The molecule has 1 fully saturated rings. The molecule has 1 amide bonds. The minimum absolute atomic E-state index is 0.112. The molecule has 1 aliphatic carbocycles. The zero-order valence-electron chi connectivity index (χ0n) is 13.2. The highest BCUT2D eigenvalue weighted by molar-refractivity contribution is 5.91. The van der Waals surface area contributed by atoms with Crippen LogP contribution in [0.4, 0.5) is 11.5 Å². The van der Waals surface area contributed by atoms with Crippen molar-refractivity contribution in [3.8, 4) is 0 Å². The monoisotopic (exact) mass is 289 g/mol. The third-order valence-corrected chi connectivity index (χ3v) is 4.56. The maximum Gasteiger partial charge on any atom is 0.228 e. The van der Waals surface area contributed by atoms with E-state index in [4.69, 9.17) is 5.73 Å². The summed E-state index contributed by atoms with van der Waals surface area (Å²) >= 11 is 0. The molecule has 0 saturated heterocycles. The number of carbonyl (C=O) groups is 1. The van der Waals surface area contributed by atoms with E-state index in [0.717, 1.165) is 24.5 Å². The zero-order valence-corrected chi connectivity index (χ0v) is 13.2. The number of hydrogen-bond acceptors (Lipinski definition) is 3. The molecule has 116 valence electrons. The molecule has 0 atom stereocenters. The lowest BCUT2D eigenvalue weighted by molar-refractivity contribution is -0.121. The SMILES string of the molecule is CCCCC1CCC(C(=O)Nc2ccc(N)c(C)n2)CC1. The van der Waals surface area contributed by atoms with E-state index in [9.17, 15) is 4.79 Å². The van der Waals surface area contributed by atoms with Crippen molar-refractivity contribution in [2.75, 3.05) is 11.1 Å². The molecule has 1 aromatic rings. The summed E-state index contributed by atoms with van der Waals surface area (Å²) in [4.78, 5) is 16.6. The number of aryl methyl sites for hydroxylation is 1. The van der Waals surface area contributed by atoms with E-state index >= 15 is 0 Å². The fourth-order valence-corrected chi connectivity index (χ4v) is 3.08. The number of amides is 1. The van der Waals surface area contributed by atoms with Crippen LogP contribution in [0.15, 0.2) is 12.1 Å². The largest absolute Gasteiger partial charge is 0.397 e. The van der Waals surface area contributed by atoms with Gasteiger partial charge in [-0.2, -0.15) is 0 Å². The Kier molecular flexibility index (Phi) is 5.59. The summed E-state index contributed by atoms with van der Waals surface area (Å²) in [5.74, 6) is 1.69. The van der Waals surface area contributed by atoms with E-state index in [0.29, 0.717) is 11.5 Å². The lowest BCUT2D eigenvalue weighted by atomic mass is 9.79. The highest BCUT2D eigenvalue weighted by Crippen LogP contribution is 2.32. The second-order valence-electron chi connectivity index (χ2n) is 6.22. The molecule has 1 aromatic heterocycles. The lowest BCUT2D eigenvalue weighted by Crippen LogP contribution is -2.27. The van der Waals surface area contributed by atoms with Crippen molar-refractivity contribution in [1.82, 2.24) is 4.98 Å². The van der Waals surface area contributed by atoms with Crippen LogP contribution in [0.3, 0.4) is 0 Å². The van der Waals surface area contributed by atoms with Gasteiger partial charge >= 0.3 is 0 Å². The molecule has 0 radical (unpaired) electrons. The van der Waals surface area contributed by atoms with Gasteiger partial charge in [-0.1, -0.05) is 26.2 Å². The van der Waals surface area contributed by atoms with Gasteiger partial charge in [-0.3, -0.25) is 4.79 Å². The lowest BCUT2D eigenvalue weighted by Gasteiger charge is -2.27. The van der Waals surface area contributed by atoms with Crippen LogP contribution < -0.4 is 11.1 Å². The summed E-state index contributed by atoms with van der Waals surface area (Å²) < 4.78 is 0. The molecule has 1 aliphatic rings. The van der Waals surface area contributed by atoms with Gasteiger partial charge in [0.1, 0.15) is 5.82 Å². The summed E-state index contributed by atoms with van der Waals surface area (Å²) in [5.41, 5.74) is 7.16. The number of carbonyl (C=O) groups excluding carboxylic acids is 1. The molecule has 1 saturated carbocycles. The Balaban J connectivity index is 1.83. The average molecular weight is 289 g/mol. The maximum atomic E-state index is 12.3. The molecule has 1 heterocycles. The van der Waals surface area contributed by atoms with Crippen molar-refractivity contribution in [1.29, 1.82) is 0 Å². The molecule has 3 N–H and O–H groups in total. The molecule has 0 aliphatic heterocycles. The minimum atomic E-state index is 0.112. The van der Waals surface area contributed by atoms with Gasteiger partial charge in [0.05, 0.1) is 11.4 Å². The minimum Gasteiger partial charge on any atom is -0.397 e. The number of nitrogens with zero attached hydrogens (tertiary/aromatic N) is 1. The molecular weight excluding hydrogens is 262 g/mol. The number of hydrogen-bond donors (Lipinski definition) is 2. The fraction of sp³-hybridized carbons (Fsp3) is 0.647. The number of nitrogens with two attached hydrogens (primary N) is 1.